The van der Waals surface area contributed by atoms with E-state index in [1.165, 1.54) is 0 Å². The smallest absolute Gasteiger partial charge is 0.226 e. The Labute approximate surface area is 60.3 Å². The summed E-state index contributed by atoms with van der Waals surface area (Å²) in [6.07, 6.45) is 3.73. The van der Waals surface area contributed by atoms with Crippen molar-refractivity contribution in [1.82, 2.24) is 0 Å². The van der Waals surface area contributed by atoms with Crippen LogP contribution in [0.1, 0.15) is 12.8 Å². The molecule has 0 aromatic carbocycles. The molecule has 1 radical (unpaired) electrons. The molecule has 1 heterocycles. The second-order valence-corrected chi connectivity index (χ2v) is 2.27. The molecule has 0 aliphatic carbocycles. The number of ether oxygens (including phenoxy) is 2. The summed E-state index contributed by atoms with van der Waals surface area (Å²) in [5, 5.41) is 0. The zero-order valence-corrected chi connectivity index (χ0v) is 5.84. The van der Waals surface area contributed by atoms with E-state index >= 15 is 0 Å². The van der Waals surface area contributed by atoms with Crippen LogP contribution in [0.25, 0.3) is 0 Å². The normalized spacial score (nSPS) is 20.8. The zero-order chi connectivity index (χ0) is 7.23. The Kier molecular flexibility index (Phi) is 3.40. The van der Waals surface area contributed by atoms with Gasteiger partial charge in [0.2, 0.25) is 6.29 Å². The molecule has 0 aromatic heterocycles. The first-order valence-corrected chi connectivity index (χ1v) is 3.48. The van der Waals surface area contributed by atoms with Gasteiger partial charge in [-0.2, -0.15) is 0 Å². The van der Waals surface area contributed by atoms with Crippen molar-refractivity contribution in [1.29, 1.82) is 0 Å². The lowest BCUT2D eigenvalue weighted by molar-refractivity contribution is -0.0192. The predicted octanol–water partition coefficient (Wildman–Crippen LogP) is 0.292. The van der Waals surface area contributed by atoms with E-state index in [4.69, 9.17) is 9.47 Å². The van der Waals surface area contributed by atoms with Crippen molar-refractivity contribution in [2.75, 3.05) is 19.8 Å². The molecule has 1 aliphatic rings. The average molecular weight is 143 g/mol. The molecule has 1 fully saturated rings. The summed E-state index contributed by atoms with van der Waals surface area (Å²) in [6, 6.07) is 0. The van der Waals surface area contributed by atoms with Crippen molar-refractivity contribution in [3.8, 4) is 0 Å². The summed E-state index contributed by atoms with van der Waals surface area (Å²) in [5.74, 6) is 0. The Hall–Kier alpha value is -0.410. The maximum Gasteiger partial charge on any atom is 0.226 e. The molecule has 0 bridgehead atoms. The average Bonchev–Trinajstić information content (AvgIpc) is 2.03. The van der Waals surface area contributed by atoms with Gasteiger partial charge in [0.25, 0.3) is 0 Å². The molecule has 0 saturated carbocycles. The lowest BCUT2D eigenvalue weighted by Gasteiger charge is -2.20. The van der Waals surface area contributed by atoms with Crippen molar-refractivity contribution in [3.05, 3.63) is 0 Å². The van der Waals surface area contributed by atoms with Gasteiger partial charge in [-0.15, -0.1) is 0 Å². The maximum atomic E-state index is 9.77. The van der Waals surface area contributed by atoms with Gasteiger partial charge in [0.05, 0.1) is 6.10 Å². The third-order valence-corrected chi connectivity index (χ3v) is 1.55. The first kappa shape index (κ1) is 7.69. The molecule has 0 N–H and O–H groups in total. The summed E-state index contributed by atoms with van der Waals surface area (Å²) in [5.41, 5.74) is 0. The second-order valence-electron chi connectivity index (χ2n) is 2.27. The fraction of sp³-hybridized carbons (Fsp3) is 0.857. The zero-order valence-electron chi connectivity index (χ0n) is 5.84. The van der Waals surface area contributed by atoms with Crippen molar-refractivity contribution >= 4 is 6.29 Å². The molecule has 0 spiro atoms. The fourth-order valence-corrected chi connectivity index (χ4v) is 0.994. The van der Waals surface area contributed by atoms with Gasteiger partial charge in [-0.1, -0.05) is 0 Å². The van der Waals surface area contributed by atoms with Gasteiger partial charge < -0.3 is 9.47 Å². The topological polar surface area (TPSA) is 35.5 Å². The number of carbonyl (C=O) groups excluding carboxylic acids is 1. The Morgan fingerprint density at radius 2 is 2.20 bits per heavy atom. The van der Waals surface area contributed by atoms with E-state index in [1.807, 2.05) is 0 Å². The molecule has 0 aromatic rings. The van der Waals surface area contributed by atoms with Crippen molar-refractivity contribution in [3.63, 3.8) is 0 Å². The van der Waals surface area contributed by atoms with Crippen molar-refractivity contribution in [2.45, 2.75) is 18.9 Å². The molecule has 1 rings (SSSR count). The van der Waals surface area contributed by atoms with E-state index in [9.17, 15) is 4.79 Å². The minimum Gasteiger partial charge on any atom is -0.381 e. The van der Waals surface area contributed by atoms with Gasteiger partial charge in [0.1, 0.15) is 6.61 Å². The fourth-order valence-electron chi connectivity index (χ4n) is 0.994. The Balaban J connectivity index is 2.07. The van der Waals surface area contributed by atoms with Crippen LogP contribution in [0, 0.1) is 0 Å². The molecule has 3 heteroatoms. The molecule has 0 unspecified atom stereocenters. The monoisotopic (exact) mass is 143 g/mol. The summed E-state index contributed by atoms with van der Waals surface area (Å²) < 4.78 is 10.2. The standard InChI is InChI=1S/C7H11O3/c8-3-6-10-7-1-4-9-5-2-7/h7H,1-2,4-6H2. The van der Waals surface area contributed by atoms with Gasteiger partial charge in [-0.25, -0.2) is 0 Å². The van der Waals surface area contributed by atoms with Crippen LogP contribution in [0.4, 0.5) is 0 Å². The van der Waals surface area contributed by atoms with Crippen molar-refractivity contribution < 1.29 is 14.3 Å². The van der Waals surface area contributed by atoms with Crippen LogP contribution < -0.4 is 0 Å². The van der Waals surface area contributed by atoms with E-state index in [0.29, 0.717) is 0 Å². The highest BCUT2D eigenvalue weighted by Crippen LogP contribution is 2.09. The minimum atomic E-state index is 0.102. The molecule has 0 atom stereocenters. The predicted molar refractivity (Wildman–Crippen MR) is 35.5 cm³/mol. The molecule has 1 saturated heterocycles. The van der Waals surface area contributed by atoms with Crippen molar-refractivity contribution in [2.24, 2.45) is 0 Å². The lowest BCUT2D eigenvalue weighted by atomic mass is 10.2. The molecule has 1 aliphatic heterocycles. The summed E-state index contributed by atoms with van der Waals surface area (Å²) in [4.78, 5) is 9.77. The van der Waals surface area contributed by atoms with Crippen LogP contribution in [0.5, 0.6) is 0 Å². The van der Waals surface area contributed by atoms with Crippen LogP contribution in [-0.4, -0.2) is 32.2 Å². The SMILES string of the molecule is O=[C]COC1CCOCC1. The van der Waals surface area contributed by atoms with E-state index in [0.717, 1.165) is 26.1 Å². The Bertz CT molecular complexity index is 97.0. The molecular formula is C7H11O3. The molecule has 10 heavy (non-hydrogen) atoms. The number of hydrogen-bond acceptors (Lipinski definition) is 3. The highest BCUT2D eigenvalue weighted by molar-refractivity contribution is 5.51. The molecule has 57 valence electrons. The third-order valence-electron chi connectivity index (χ3n) is 1.55. The molecule has 3 nitrogen and oxygen atoms in total. The van der Waals surface area contributed by atoms with Gasteiger partial charge in [-0.3, -0.25) is 4.79 Å². The van der Waals surface area contributed by atoms with Crippen LogP contribution in [0.3, 0.4) is 0 Å². The summed E-state index contributed by atoms with van der Waals surface area (Å²) in [6.45, 7) is 1.61. The first-order valence-electron chi connectivity index (χ1n) is 3.48. The van der Waals surface area contributed by atoms with Crippen LogP contribution in [0.2, 0.25) is 0 Å². The van der Waals surface area contributed by atoms with E-state index in [-0.39, 0.29) is 12.7 Å². The highest BCUT2D eigenvalue weighted by Gasteiger charge is 2.13. The van der Waals surface area contributed by atoms with E-state index in [1.54, 1.807) is 6.29 Å². The lowest BCUT2D eigenvalue weighted by Crippen LogP contribution is -2.23. The van der Waals surface area contributed by atoms with Gasteiger partial charge >= 0.3 is 0 Å². The van der Waals surface area contributed by atoms with Crippen LogP contribution >= 0.6 is 0 Å². The largest absolute Gasteiger partial charge is 0.381 e. The third kappa shape index (κ3) is 2.45. The van der Waals surface area contributed by atoms with Gasteiger partial charge in [0.15, 0.2) is 0 Å². The second kappa shape index (κ2) is 4.41. The Morgan fingerprint density at radius 1 is 1.50 bits per heavy atom. The number of rotatable bonds is 3. The quantitative estimate of drug-likeness (QED) is 0.569. The summed E-state index contributed by atoms with van der Waals surface area (Å²) in [7, 11) is 0. The molecule has 0 amide bonds. The first-order chi connectivity index (χ1) is 4.93. The van der Waals surface area contributed by atoms with E-state index in [2.05, 4.69) is 0 Å². The van der Waals surface area contributed by atoms with Crippen LogP contribution in [0.15, 0.2) is 0 Å². The highest BCUT2D eigenvalue weighted by atomic mass is 16.5. The van der Waals surface area contributed by atoms with Crippen LogP contribution in [-0.2, 0) is 14.3 Å². The minimum absolute atomic E-state index is 0.102. The number of hydrogen-bond donors (Lipinski definition) is 0. The van der Waals surface area contributed by atoms with Gasteiger partial charge in [-0.05, 0) is 12.8 Å². The Morgan fingerprint density at radius 3 is 2.80 bits per heavy atom. The molecular weight excluding hydrogens is 132 g/mol. The van der Waals surface area contributed by atoms with E-state index < -0.39 is 0 Å². The summed E-state index contributed by atoms with van der Waals surface area (Å²) >= 11 is 0. The van der Waals surface area contributed by atoms with Gasteiger partial charge in [0, 0.05) is 13.2 Å². The maximum absolute atomic E-state index is 9.77.